The summed E-state index contributed by atoms with van der Waals surface area (Å²) in [6.45, 7) is 0.384. The zero-order valence-corrected chi connectivity index (χ0v) is 22.2. The number of halogens is 2. The summed E-state index contributed by atoms with van der Waals surface area (Å²) in [6, 6.07) is 22.3. The fourth-order valence-electron chi connectivity index (χ4n) is 3.94. The third-order valence-electron chi connectivity index (χ3n) is 5.62. The molecule has 174 valence electrons. The van der Waals surface area contributed by atoms with Crippen molar-refractivity contribution in [3.8, 4) is 11.5 Å². The van der Waals surface area contributed by atoms with Gasteiger partial charge in [0.2, 0.25) is 0 Å². The van der Waals surface area contributed by atoms with E-state index in [1.54, 1.807) is 37.4 Å². The summed E-state index contributed by atoms with van der Waals surface area (Å²) in [5.41, 5.74) is 2.60. The first kappa shape index (κ1) is 23.5. The van der Waals surface area contributed by atoms with E-state index in [4.69, 9.17) is 9.47 Å². The Bertz CT molecular complexity index is 1450. The molecule has 8 heteroatoms. The average molecular weight is 641 g/mol. The number of hydrogen-bond donors (Lipinski definition) is 0. The molecule has 4 aromatic rings. The number of ether oxygens (including phenoxy) is 2. The lowest BCUT2D eigenvalue weighted by Gasteiger charge is -2.23. The largest absolute Gasteiger partial charge is 0.493 e. The predicted molar refractivity (Wildman–Crippen MR) is 146 cm³/mol. The SMILES string of the molecule is COc1cc(/C=N\N2C(=O)c3cccc4cccc(c34)C2=O)cc(I)c1OCc1ccc(Br)cc1. The van der Waals surface area contributed by atoms with Gasteiger partial charge in [0.15, 0.2) is 11.5 Å². The molecule has 1 aliphatic rings. The van der Waals surface area contributed by atoms with E-state index < -0.39 is 11.8 Å². The Morgan fingerprint density at radius 3 is 2.26 bits per heavy atom. The Labute approximate surface area is 223 Å². The second kappa shape index (κ2) is 9.79. The van der Waals surface area contributed by atoms with E-state index in [-0.39, 0.29) is 0 Å². The number of benzene rings is 4. The van der Waals surface area contributed by atoms with Crippen LogP contribution < -0.4 is 9.47 Å². The number of carbonyl (C=O) groups excluding carboxylic acids is 2. The molecule has 1 aliphatic heterocycles. The minimum Gasteiger partial charge on any atom is -0.493 e. The van der Waals surface area contributed by atoms with Crippen molar-refractivity contribution in [1.82, 2.24) is 5.01 Å². The van der Waals surface area contributed by atoms with Crippen LogP contribution in [0.2, 0.25) is 0 Å². The Hall–Kier alpha value is -3.24. The molecule has 0 fully saturated rings. The van der Waals surface area contributed by atoms with Crippen molar-refractivity contribution in [1.29, 1.82) is 0 Å². The molecule has 0 N–H and O–H groups in total. The van der Waals surface area contributed by atoms with E-state index in [1.807, 2.05) is 42.5 Å². The Morgan fingerprint density at radius 2 is 1.63 bits per heavy atom. The van der Waals surface area contributed by atoms with Gasteiger partial charge in [-0.1, -0.05) is 52.3 Å². The molecule has 0 saturated carbocycles. The number of methoxy groups -OCH3 is 1. The Morgan fingerprint density at radius 1 is 0.971 bits per heavy atom. The van der Waals surface area contributed by atoms with Crippen LogP contribution in [-0.4, -0.2) is 30.1 Å². The molecule has 0 aromatic heterocycles. The highest BCUT2D eigenvalue weighted by Gasteiger charge is 2.32. The lowest BCUT2D eigenvalue weighted by atomic mass is 9.95. The first-order valence-electron chi connectivity index (χ1n) is 10.7. The van der Waals surface area contributed by atoms with Crippen LogP contribution in [0.25, 0.3) is 10.8 Å². The van der Waals surface area contributed by atoms with Crippen molar-refractivity contribution in [3.05, 3.63) is 103 Å². The van der Waals surface area contributed by atoms with E-state index in [2.05, 4.69) is 43.6 Å². The van der Waals surface area contributed by atoms with Crippen LogP contribution in [0.5, 0.6) is 11.5 Å². The van der Waals surface area contributed by atoms with Crippen LogP contribution >= 0.6 is 38.5 Å². The monoisotopic (exact) mass is 640 g/mol. The van der Waals surface area contributed by atoms with Crippen LogP contribution in [0.3, 0.4) is 0 Å². The number of imide groups is 1. The topological polar surface area (TPSA) is 68.2 Å². The van der Waals surface area contributed by atoms with Crippen molar-refractivity contribution < 1.29 is 19.1 Å². The lowest BCUT2D eigenvalue weighted by molar-refractivity contribution is 0.0616. The fraction of sp³-hybridized carbons (Fsp3) is 0.0741. The maximum Gasteiger partial charge on any atom is 0.282 e. The van der Waals surface area contributed by atoms with Crippen molar-refractivity contribution in [2.24, 2.45) is 5.10 Å². The Kier molecular flexibility index (Phi) is 6.57. The Balaban J connectivity index is 1.41. The minimum absolute atomic E-state index is 0.384. The van der Waals surface area contributed by atoms with E-state index >= 15 is 0 Å². The van der Waals surface area contributed by atoms with E-state index in [1.165, 1.54) is 6.21 Å². The summed E-state index contributed by atoms with van der Waals surface area (Å²) in [4.78, 5) is 26.1. The molecular weight excluding hydrogens is 623 g/mol. The molecule has 0 spiro atoms. The number of carbonyl (C=O) groups is 2. The van der Waals surface area contributed by atoms with Gasteiger partial charge in [0.05, 0.1) is 28.0 Å². The zero-order chi connectivity index (χ0) is 24.5. The van der Waals surface area contributed by atoms with E-state index in [9.17, 15) is 9.59 Å². The first-order valence-corrected chi connectivity index (χ1v) is 12.5. The van der Waals surface area contributed by atoms with Gasteiger partial charge in [0, 0.05) is 9.86 Å². The number of nitrogens with zero attached hydrogens (tertiary/aromatic N) is 2. The number of amides is 2. The molecule has 0 atom stereocenters. The molecule has 35 heavy (non-hydrogen) atoms. The molecule has 1 heterocycles. The van der Waals surface area contributed by atoms with E-state index in [0.717, 1.165) is 24.0 Å². The summed E-state index contributed by atoms with van der Waals surface area (Å²) < 4.78 is 13.4. The summed E-state index contributed by atoms with van der Waals surface area (Å²) in [7, 11) is 1.56. The predicted octanol–water partition coefficient (Wildman–Crippen LogP) is 6.42. The van der Waals surface area contributed by atoms with Crippen molar-refractivity contribution >= 4 is 67.3 Å². The van der Waals surface area contributed by atoms with Crippen molar-refractivity contribution in [3.63, 3.8) is 0 Å². The van der Waals surface area contributed by atoms with Gasteiger partial charge in [-0.3, -0.25) is 9.59 Å². The highest BCUT2D eigenvalue weighted by molar-refractivity contribution is 14.1. The molecule has 0 unspecified atom stereocenters. The van der Waals surface area contributed by atoms with Crippen LogP contribution in [0.1, 0.15) is 31.8 Å². The second-order valence-electron chi connectivity index (χ2n) is 7.83. The zero-order valence-electron chi connectivity index (χ0n) is 18.5. The van der Waals surface area contributed by atoms with Crippen LogP contribution in [0.4, 0.5) is 0 Å². The summed E-state index contributed by atoms with van der Waals surface area (Å²) in [5.74, 6) is 0.235. The van der Waals surface area contributed by atoms with Crippen molar-refractivity contribution in [2.45, 2.75) is 6.61 Å². The fourth-order valence-corrected chi connectivity index (χ4v) is 4.98. The molecule has 0 radical (unpaired) electrons. The molecule has 0 aliphatic carbocycles. The van der Waals surface area contributed by atoms with Gasteiger partial charge in [-0.25, -0.2) is 0 Å². The number of rotatable bonds is 6. The molecule has 6 nitrogen and oxygen atoms in total. The number of hydrogen-bond acceptors (Lipinski definition) is 5. The summed E-state index contributed by atoms with van der Waals surface area (Å²) in [6.07, 6.45) is 1.48. The van der Waals surface area contributed by atoms with Gasteiger partial charge in [-0.2, -0.15) is 10.1 Å². The quantitative estimate of drug-likeness (QED) is 0.139. The van der Waals surface area contributed by atoms with Crippen LogP contribution in [-0.2, 0) is 6.61 Å². The third-order valence-corrected chi connectivity index (χ3v) is 6.95. The smallest absolute Gasteiger partial charge is 0.282 e. The maximum atomic E-state index is 13.1. The van der Waals surface area contributed by atoms with Crippen LogP contribution in [0.15, 0.2) is 82.4 Å². The van der Waals surface area contributed by atoms with Gasteiger partial charge in [0.25, 0.3) is 11.8 Å². The third kappa shape index (κ3) is 4.55. The highest BCUT2D eigenvalue weighted by Crippen LogP contribution is 2.35. The van der Waals surface area contributed by atoms with E-state index in [0.29, 0.717) is 40.2 Å². The van der Waals surface area contributed by atoms with Gasteiger partial charge >= 0.3 is 0 Å². The van der Waals surface area contributed by atoms with Crippen molar-refractivity contribution in [2.75, 3.05) is 7.11 Å². The molecular formula is C27H18BrIN2O4. The molecule has 0 saturated heterocycles. The standard InChI is InChI=1S/C27H18BrIN2O4/c1-34-23-13-17(12-22(29)25(23)35-15-16-8-10-19(28)11-9-16)14-30-31-26(32)20-6-2-4-18-5-3-7-21(24(18)20)27(31)33/h2-14H,15H2,1H3/b30-14-. The van der Waals surface area contributed by atoms with Gasteiger partial charge < -0.3 is 9.47 Å². The highest BCUT2D eigenvalue weighted by atomic mass is 127. The molecule has 5 rings (SSSR count). The first-order chi connectivity index (χ1) is 17.0. The molecule has 4 aromatic carbocycles. The van der Waals surface area contributed by atoms with Crippen LogP contribution in [0, 0.1) is 3.57 Å². The normalized spacial score (nSPS) is 13.1. The average Bonchev–Trinajstić information content (AvgIpc) is 2.87. The second-order valence-corrected chi connectivity index (χ2v) is 9.90. The summed E-state index contributed by atoms with van der Waals surface area (Å²) in [5, 5.41) is 6.68. The van der Waals surface area contributed by atoms with Gasteiger partial charge in [0.1, 0.15) is 6.61 Å². The van der Waals surface area contributed by atoms with Gasteiger partial charge in [-0.05, 0) is 75.5 Å². The molecule has 0 bridgehead atoms. The summed E-state index contributed by atoms with van der Waals surface area (Å²) >= 11 is 5.60. The van der Waals surface area contributed by atoms with Gasteiger partial charge in [-0.15, -0.1) is 0 Å². The maximum absolute atomic E-state index is 13.1. The number of hydrazone groups is 1. The lowest BCUT2D eigenvalue weighted by Crippen LogP contribution is -2.36. The minimum atomic E-state index is -0.452. The molecule has 2 amide bonds.